The fourth-order valence-corrected chi connectivity index (χ4v) is 2.37. The quantitative estimate of drug-likeness (QED) is 0.540. The van der Waals surface area contributed by atoms with Crippen LogP contribution in [0.15, 0.2) is 42.5 Å². The Morgan fingerprint density at radius 2 is 1.69 bits per heavy atom. The van der Waals surface area contributed by atoms with Gasteiger partial charge < -0.3 is 20.5 Å². The van der Waals surface area contributed by atoms with Crippen LogP contribution in [-0.4, -0.2) is 25.9 Å². The van der Waals surface area contributed by atoms with Crippen LogP contribution >= 0.6 is 12.4 Å². The van der Waals surface area contributed by atoms with Gasteiger partial charge in [0.2, 0.25) is 5.91 Å². The molecule has 0 unspecified atom stereocenters. The first-order valence-electron chi connectivity index (χ1n) is 7.94. The van der Waals surface area contributed by atoms with E-state index in [-0.39, 0.29) is 30.5 Å². The van der Waals surface area contributed by atoms with Crippen molar-refractivity contribution >= 4 is 35.5 Å². The zero-order chi connectivity index (χ0) is 18.2. The predicted molar refractivity (Wildman–Crippen MR) is 104 cm³/mol. The molecular weight excluding hydrogens is 356 g/mol. The Kier molecular flexibility index (Phi) is 8.45. The van der Waals surface area contributed by atoms with Gasteiger partial charge in [-0.25, -0.2) is 0 Å². The SMILES string of the molecule is COc1ccc(C(=O)CCCC(=O)Nc2ccc(OC)c(N)c2)cc1.Cl. The van der Waals surface area contributed by atoms with Gasteiger partial charge in [-0.05, 0) is 48.9 Å². The monoisotopic (exact) mass is 378 g/mol. The molecule has 0 aromatic heterocycles. The Morgan fingerprint density at radius 1 is 1.00 bits per heavy atom. The molecule has 0 saturated carbocycles. The van der Waals surface area contributed by atoms with Gasteiger partial charge in [-0.15, -0.1) is 12.4 Å². The highest BCUT2D eigenvalue weighted by atomic mass is 35.5. The molecule has 0 fully saturated rings. The van der Waals surface area contributed by atoms with Gasteiger partial charge in [0.15, 0.2) is 5.78 Å². The van der Waals surface area contributed by atoms with Crippen molar-refractivity contribution in [2.45, 2.75) is 19.3 Å². The van der Waals surface area contributed by atoms with E-state index < -0.39 is 0 Å². The lowest BCUT2D eigenvalue weighted by molar-refractivity contribution is -0.116. The van der Waals surface area contributed by atoms with Crippen molar-refractivity contribution in [2.24, 2.45) is 0 Å². The molecule has 0 aliphatic carbocycles. The van der Waals surface area contributed by atoms with Crippen molar-refractivity contribution in [3.8, 4) is 11.5 Å². The molecule has 1 amide bonds. The van der Waals surface area contributed by atoms with E-state index in [1.54, 1.807) is 49.6 Å². The second kappa shape index (κ2) is 10.3. The van der Waals surface area contributed by atoms with Gasteiger partial charge in [0, 0.05) is 24.1 Å². The summed E-state index contributed by atoms with van der Waals surface area (Å²) < 4.78 is 10.1. The molecule has 3 N–H and O–H groups in total. The molecule has 2 aromatic rings. The molecule has 7 heteroatoms. The van der Waals surface area contributed by atoms with Crippen molar-refractivity contribution in [1.82, 2.24) is 0 Å². The molecule has 2 aromatic carbocycles. The molecule has 0 aliphatic heterocycles. The molecule has 6 nitrogen and oxygen atoms in total. The number of ketones is 1. The highest BCUT2D eigenvalue weighted by molar-refractivity contribution is 5.97. The molecule has 0 aliphatic rings. The normalized spacial score (nSPS) is 9.77. The number of anilines is 2. The second-order valence-electron chi connectivity index (χ2n) is 5.51. The maximum Gasteiger partial charge on any atom is 0.224 e. The van der Waals surface area contributed by atoms with Crippen molar-refractivity contribution < 1.29 is 19.1 Å². The Labute approximate surface area is 159 Å². The fourth-order valence-electron chi connectivity index (χ4n) is 2.37. The molecule has 26 heavy (non-hydrogen) atoms. The van der Waals surface area contributed by atoms with E-state index in [1.807, 2.05) is 0 Å². The average molecular weight is 379 g/mol. The van der Waals surface area contributed by atoms with Gasteiger partial charge in [-0.2, -0.15) is 0 Å². The fraction of sp³-hybridized carbons (Fsp3) is 0.263. The second-order valence-corrected chi connectivity index (χ2v) is 5.51. The molecule has 0 heterocycles. The summed E-state index contributed by atoms with van der Waals surface area (Å²) in [4.78, 5) is 24.1. The summed E-state index contributed by atoms with van der Waals surface area (Å²) in [6.07, 6.45) is 1.04. The lowest BCUT2D eigenvalue weighted by atomic mass is 10.1. The third-order valence-corrected chi connectivity index (χ3v) is 3.73. The molecule has 0 bridgehead atoms. The van der Waals surface area contributed by atoms with Crippen LogP contribution in [0.25, 0.3) is 0 Å². The summed E-state index contributed by atoms with van der Waals surface area (Å²) in [6.45, 7) is 0. The van der Waals surface area contributed by atoms with Crippen molar-refractivity contribution in [3.05, 3.63) is 48.0 Å². The molecule has 2 rings (SSSR count). The van der Waals surface area contributed by atoms with Crippen molar-refractivity contribution in [2.75, 3.05) is 25.3 Å². The maximum absolute atomic E-state index is 12.1. The zero-order valence-corrected chi connectivity index (χ0v) is 15.6. The first-order chi connectivity index (χ1) is 12.0. The number of amides is 1. The van der Waals surface area contributed by atoms with E-state index in [0.717, 1.165) is 0 Å². The number of benzene rings is 2. The molecule has 0 atom stereocenters. The number of nitrogens with one attached hydrogen (secondary N) is 1. The number of ether oxygens (including phenoxy) is 2. The van der Waals surface area contributed by atoms with Crippen LogP contribution in [0.5, 0.6) is 11.5 Å². The largest absolute Gasteiger partial charge is 0.497 e. The Balaban J connectivity index is 0.00000338. The highest BCUT2D eigenvalue weighted by Crippen LogP contribution is 2.24. The van der Waals surface area contributed by atoms with E-state index in [9.17, 15) is 9.59 Å². The number of hydrogen-bond donors (Lipinski definition) is 2. The van der Waals surface area contributed by atoms with Crippen LogP contribution in [0.4, 0.5) is 11.4 Å². The number of nitrogen functional groups attached to an aromatic ring is 1. The van der Waals surface area contributed by atoms with E-state index in [2.05, 4.69) is 5.32 Å². The van der Waals surface area contributed by atoms with Crippen molar-refractivity contribution in [3.63, 3.8) is 0 Å². The first-order valence-corrected chi connectivity index (χ1v) is 7.94. The molecule has 0 saturated heterocycles. The summed E-state index contributed by atoms with van der Waals surface area (Å²) in [5.74, 6) is 1.11. The van der Waals surface area contributed by atoms with Crippen LogP contribution in [0.3, 0.4) is 0 Å². The van der Waals surface area contributed by atoms with Gasteiger partial charge in [0.1, 0.15) is 11.5 Å². The number of hydrogen-bond acceptors (Lipinski definition) is 5. The number of carbonyl (C=O) groups excluding carboxylic acids is 2. The van der Waals surface area contributed by atoms with Gasteiger partial charge in [0.25, 0.3) is 0 Å². The third kappa shape index (κ3) is 5.97. The van der Waals surface area contributed by atoms with Crippen molar-refractivity contribution in [1.29, 1.82) is 0 Å². The minimum Gasteiger partial charge on any atom is -0.497 e. The van der Waals surface area contributed by atoms with Crippen LogP contribution in [0.2, 0.25) is 0 Å². The van der Waals surface area contributed by atoms with Crippen LogP contribution in [0.1, 0.15) is 29.6 Å². The minimum atomic E-state index is -0.160. The van der Waals surface area contributed by atoms with E-state index >= 15 is 0 Å². The summed E-state index contributed by atoms with van der Waals surface area (Å²) in [6, 6.07) is 12.0. The number of halogens is 1. The van der Waals surface area contributed by atoms with Gasteiger partial charge in [-0.3, -0.25) is 9.59 Å². The summed E-state index contributed by atoms with van der Waals surface area (Å²) in [5, 5.41) is 2.76. The number of carbonyl (C=O) groups is 2. The number of methoxy groups -OCH3 is 2. The number of rotatable bonds is 8. The molecule has 0 radical (unpaired) electrons. The first kappa shape index (κ1) is 21.3. The summed E-state index contributed by atoms with van der Waals surface area (Å²) >= 11 is 0. The van der Waals surface area contributed by atoms with Crippen LogP contribution < -0.4 is 20.5 Å². The predicted octanol–water partition coefficient (Wildman–Crippen LogP) is 3.70. The molecule has 140 valence electrons. The van der Waals surface area contributed by atoms with E-state index in [4.69, 9.17) is 15.2 Å². The molecule has 0 spiro atoms. The lowest BCUT2D eigenvalue weighted by Gasteiger charge is -2.09. The number of Topliss-reactive ketones (excluding diaryl/α,β-unsaturated/α-hetero) is 1. The Bertz CT molecular complexity index is 748. The maximum atomic E-state index is 12.1. The Hall–Kier alpha value is -2.73. The average Bonchev–Trinajstić information content (AvgIpc) is 2.62. The minimum absolute atomic E-state index is 0. The molecular formula is C19H23ClN2O4. The zero-order valence-electron chi connectivity index (χ0n) is 14.8. The highest BCUT2D eigenvalue weighted by Gasteiger charge is 2.09. The van der Waals surface area contributed by atoms with E-state index in [0.29, 0.717) is 41.3 Å². The lowest BCUT2D eigenvalue weighted by Crippen LogP contribution is -2.12. The summed E-state index contributed by atoms with van der Waals surface area (Å²) in [7, 11) is 3.11. The third-order valence-electron chi connectivity index (χ3n) is 3.73. The van der Waals surface area contributed by atoms with Gasteiger partial charge in [-0.1, -0.05) is 0 Å². The van der Waals surface area contributed by atoms with Gasteiger partial charge >= 0.3 is 0 Å². The smallest absolute Gasteiger partial charge is 0.224 e. The summed E-state index contributed by atoms with van der Waals surface area (Å²) in [5.41, 5.74) is 7.47. The number of nitrogens with two attached hydrogens (primary N) is 1. The van der Waals surface area contributed by atoms with Crippen LogP contribution in [0, 0.1) is 0 Å². The topological polar surface area (TPSA) is 90.7 Å². The Morgan fingerprint density at radius 3 is 2.27 bits per heavy atom. The van der Waals surface area contributed by atoms with Gasteiger partial charge in [0.05, 0.1) is 19.9 Å². The van der Waals surface area contributed by atoms with Crippen LogP contribution in [-0.2, 0) is 4.79 Å². The standard InChI is InChI=1S/C19H22N2O4.ClH/c1-24-15-9-6-13(7-10-15)17(22)4-3-5-19(23)21-14-8-11-18(25-2)16(20)12-14;/h6-12H,3-5,20H2,1-2H3,(H,21,23);1H. The van der Waals surface area contributed by atoms with E-state index in [1.165, 1.54) is 7.11 Å².